The maximum absolute atomic E-state index is 4.95. The second-order valence-corrected chi connectivity index (χ2v) is 3.19. The monoisotopic (exact) mass is 128 g/mol. The molecule has 0 saturated heterocycles. The van der Waals surface area contributed by atoms with E-state index in [4.69, 9.17) is 4.74 Å². The van der Waals surface area contributed by atoms with Crippen molar-refractivity contribution < 1.29 is 4.74 Å². The Balaban J connectivity index is 2.57. The van der Waals surface area contributed by atoms with Gasteiger partial charge in [-0.1, -0.05) is 11.8 Å². The van der Waals surface area contributed by atoms with E-state index in [0.29, 0.717) is 0 Å². The van der Waals surface area contributed by atoms with Crippen molar-refractivity contribution in [2.45, 2.75) is 13.8 Å². The SMILES string of the molecule is CC1=COC=C(C)S1. The van der Waals surface area contributed by atoms with E-state index >= 15 is 0 Å². The summed E-state index contributed by atoms with van der Waals surface area (Å²) in [6, 6.07) is 0. The van der Waals surface area contributed by atoms with Gasteiger partial charge in [0.15, 0.2) is 0 Å². The number of hydrogen-bond donors (Lipinski definition) is 0. The Kier molecular flexibility index (Phi) is 1.63. The van der Waals surface area contributed by atoms with Crippen LogP contribution in [-0.2, 0) is 4.74 Å². The van der Waals surface area contributed by atoms with Gasteiger partial charge in [-0.25, -0.2) is 0 Å². The molecule has 1 aliphatic rings. The van der Waals surface area contributed by atoms with Gasteiger partial charge in [0.25, 0.3) is 0 Å². The molecule has 0 aromatic heterocycles. The van der Waals surface area contributed by atoms with Crippen molar-refractivity contribution in [3.05, 3.63) is 22.3 Å². The number of rotatable bonds is 0. The Labute approximate surface area is 53.4 Å². The van der Waals surface area contributed by atoms with Gasteiger partial charge >= 0.3 is 0 Å². The molecule has 44 valence electrons. The van der Waals surface area contributed by atoms with Crippen molar-refractivity contribution in [3.63, 3.8) is 0 Å². The zero-order valence-corrected chi connectivity index (χ0v) is 5.79. The zero-order chi connectivity index (χ0) is 5.98. The standard InChI is InChI=1S/C6H8OS/c1-5-3-7-4-6(2)8-5/h3-4H,1-2H3. The molecule has 0 fully saturated rings. The lowest BCUT2D eigenvalue weighted by Crippen LogP contribution is -1.80. The summed E-state index contributed by atoms with van der Waals surface area (Å²) in [7, 11) is 0. The summed E-state index contributed by atoms with van der Waals surface area (Å²) in [5.74, 6) is 0. The van der Waals surface area contributed by atoms with E-state index in [1.54, 1.807) is 24.3 Å². The molecule has 1 rings (SSSR count). The molecule has 0 amide bonds. The Hall–Kier alpha value is -0.370. The Morgan fingerprint density at radius 3 is 2.00 bits per heavy atom. The number of ether oxygens (including phenoxy) is 1. The first-order chi connectivity index (χ1) is 3.79. The van der Waals surface area contributed by atoms with Gasteiger partial charge in [0.1, 0.15) is 0 Å². The van der Waals surface area contributed by atoms with Gasteiger partial charge in [-0.3, -0.25) is 0 Å². The van der Waals surface area contributed by atoms with E-state index in [1.807, 2.05) is 13.8 Å². The van der Waals surface area contributed by atoms with Crippen LogP contribution < -0.4 is 0 Å². The first-order valence-corrected chi connectivity index (χ1v) is 3.27. The number of allylic oxidation sites excluding steroid dienone is 2. The second-order valence-electron chi connectivity index (χ2n) is 1.70. The number of thioether (sulfide) groups is 1. The summed E-state index contributed by atoms with van der Waals surface area (Å²) in [6.07, 6.45) is 3.50. The van der Waals surface area contributed by atoms with Gasteiger partial charge in [-0.15, -0.1) is 0 Å². The Bertz CT molecular complexity index is 131. The lowest BCUT2D eigenvalue weighted by atomic mass is 10.7. The van der Waals surface area contributed by atoms with Crippen LogP contribution in [-0.4, -0.2) is 0 Å². The highest BCUT2D eigenvalue weighted by atomic mass is 32.2. The molecule has 0 aliphatic carbocycles. The van der Waals surface area contributed by atoms with Crippen molar-refractivity contribution in [2.24, 2.45) is 0 Å². The Morgan fingerprint density at radius 2 is 1.75 bits per heavy atom. The van der Waals surface area contributed by atoms with Gasteiger partial charge in [0, 0.05) is 9.81 Å². The molecule has 0 spiro atoms. The molecule has 0 radical (unpaired) electrons. The molecule has 0 aromatic carbocycles. The van der Waals surface area contributed by atoms with E-state index in [9.17, 15) is 0 Å². The second kappa shape index (κ2) is 2.27. The van der Waals surface area contributed by atoms with E-state index in [1.165, 1.54) is 9.81 Å². The minimum absolute atomic E-state index is 1.21. The fourth-order valence-electron chi connectivity index (χ4n) is 0.528. The van der Waals surface area contributed by atoms with Crippen molar-refractivity contribution in [3.8, 4) is 0 Å². The van der Waals surface area contributed by atoms with Gasteiger partial charge in [-0.2, -0.15) is 0 Å². The van der Waals surface area contributed by atoms with Crippen LogP contribution in [0.2, 0.25) is 0 Å². The first kappa shape index (κ1) is 5.76. The van der Waals surface area contributed by atoms with Gasteiger partial charge in [-0.05, 0) is 13.8 Å². The third kappa shape index (κ3) is 1.30. The fourth-order valence-corrected chi connectivity index (χ4v) is 1.24. The van der Waals surface area contributed by atoms with Crippen molar-refractivity contribution in [2.75, 3.05) is 0 Å². The minimum atomic E-state index is 1.21. The largest absolute Gasteiger partial charge is 0.471 e. The molecule has 0 bridgehead atoms. The summed E-state index contributed by atoms with van der Waals surface area (Å²) < 4.78 is 4.95. The van der Waals surface area contributed by atoms with Crippen LogP contribution >= 0.6 is 11.8 Å². The molecule has 0 aromatic rings. The summed E-state index contributed by atoms with van der Waals surface area (Å²) in [6.45, 7) is 4.06. The van der Waals surface area contributed by atoms with Crippen LogP contribution in [0, 0.1) is 0 Å². The van der Waals surface area contributed by atoms with Crippen molar-refractivity contribution in [1.82, 2.24) is 0 Å². The summed E-state index contributed by atoms with van der Waals surface area (Å²) in [4.78, 5) is 2.43. The third-order valence-corrected chi connectivity index (χ3v) is 1.63. The van der Waals surface area contributed by atoms with Crippen LogP contribution in [0.15, 0.2) is 22.3 Å². The summed E-state index contributed by atoms with van der Waals surface area (Å²) in [5.41, 5.74) is 0. The van der Waals surface area contributed by atoms with Crippen molar-refractivity contribution in [1.29, 1.82) is 0 Å². The number of hydrogen-bond acceptors (Lipinski definition) is 2. The van der Waals surface area contributed by atoms with E-state index in [0.717, 1.165) is 0 Å². The molecular weight excluding hydrogens is 120 g/mol. The van der Waals surface area contributed by atoms with Gasteiger partial charge in [0.2, 0.25) is 0 Å². The lowest BCUT2D eigenvalue weighted by molar-refractivity contribution is 0.397. The van der Waals surface area contributed by atoms with Crippen LogP contribution in [0.3, 0.4) is 0 Å². The topological polar surface area (TPSA) is 9.23 Å². The molecule has 1 heterocycles. The molecule has 2 heteroatoms. The highest BCUT2D eigenvalue weighted by Crippen LogP contribution is 2.27. The van der Waals surface area contributed by atoms with Gasteiger partial charge < -0.3 is 4.74 Å². The summed E-state index contributed by atoms with van der Waals surface area (Å²) in [5, 5.41) is 0. The third-order valence-electron chi connectivity index (χ3n) is 0.790. The van der Waals surface area contributed by atoms with E-state index in [-0.39, 0.29) is 0 Å². The predicted molar refractivity (Wildman–Crippen MR) is 36.2 cm³/mol. The van der Waals surface area contributed by atoms with Crippen LogP contribution in [0.5, 0.6) is 0 Å². The maximum Gasteiger partial charge on any atom is 0.0997 e. The van der Waals surface area contributed by atoms with Gasteiger partial charge in [0.05, 0.1) is 12.5 Å². The van der Waals surface area contributed by atoms with Crippen LogP contribution in [0.1, 0.15) is 13.8 Å². The smallest absolute Gasteiger partial charge is 0.0997 e. The molecule has 1 aliphatic heterocycles. The average Bonchev–Trinajstić information content (AvgIpc) is 1.64. The molecular formula is C6H8OS. The normalized spacial score (nSPS) is 18.8. The molecule has 0 atom stereocenters. The molecule has 8 heavy (non-hydrogen) atoms. The maximum atomic E-state index is 4.95. The molecule has 0 saturated carbocycles. The first-order valence-electron chi connectivity index (χ1n) is 2.46. The van der Waals surface area contributed by atoms with E-state index < -0.39 is 0 Å². The molecule has 0 N–H and O–H groups in total. The highest BCUT2D eigenvalue weighted by molar-refractivity contribution is 8.06. The lowest BCUT2D eigenvalue weighted by Gasteiger charge is -2.05. The minimum Gasteiger partial charge on any atom is -0.471 e. The quantitative estimate of drug-likeness (QED) is 0.495. The van der Waals surface area contributed by atoms with E-state index in [2.05, 4.69) is 0 Å². The molecule has 1 nitrogen and oxygen atoms in total. The predicted octanol–water partition coefficient (Wildman–Crippen LogP) is 2.47. The summed E-state index contributed by atoms with van der Waals surface area (Å²) >= 11 is 1.74. The Morgan fingerprint density at radius 1 is 1.25 bits per heavy atom. The molecule has 0 unspecified atom stereocenters. The average molecular weight is 128 g/mol. The van der Waals surface area contributed by atoms with Crippen molar-refractivity contribution >= 4 is 11.8 Å². The fraction of sp³-hybridized carbons (Fsp3) is 0.333. The zero-order valence-electron chi connectivity index (χ0n) is 4.97. The highest BCUT2D eigenvalue weighted by Gasteiger charge is 1.97. The van der Waals surface area contributed by atoms with Crippen LogP contribution in [0.4, 0.5) is 0 Å². The van der Waals surface area contributed by atoms with Crippen LogP contribution in [0.25, 0.3) is 0 Å².